The molecule has 4 bridgehead atoms. The van der Waals surface area contributed by atoms with E-state index in [4.69, 9.17) is 9.88 Å². The van der Waals surface area contributed by atoms with Crippen LogP contribution >= 0.6 is 0 Å². The summed E-state index contributed by atoms with van der Waals surface area (Å²) in [6.07, 6.45) is 7.82. The number of benzene rings is 1. The van der Waals surface area contributed by atoms with Gasteiger partial charge in [-0.05, 0) is 93.4 Å². The summed E-state index contributed by atoms with van der Waals surface area (Å²) < 4.78 is 29.1. The minimum Gasteiger partial charge on any atom is -0.376 e. The molecule has 2 heterocycles. The van der Waals surface area contributed by atoms with E-state index in [1.54, 1.807) is 4.90 Å². The van der Waals surface area contributed by atoms with Crippen molar-refractivity contribution in [1.82, 2.24) is 4.90 Å². The summed E-state index contributed by atoms with van der Waals surface area (Å²) in [4.78, 5) is 43.7. The number of amides is 3. The van der Waals surface area contributed by atoms with Crippen LogP contribution in [0.5, 0.6) is 0 Å². The molecule has 4 saturated carbocycles. The monoisotopic (exact) mass is 515 g/mol. The van der Waals surface area contributed by atoms with Crippen molar-refractivity contribution >= 4 is 33.4 Å². The van der Waals surface area contributed by atoms with Gasteiger partial charge in [-0.2, -0.15) is 0 Å². The van der Waals surface area contributed by atoms with Gasteiger partial charge >= 0.3 is 0 Å². The third-order valence-electron chi connectivity index (χ3n) is 9.10. The number of carbonyl (C=O) groups excluding carboxylic acids is 3. The van der Waals surface area contributed by atoms with Crippen LogP contribution in [0.15, 0.2) is 29.2 Å². The third kappa shape index (κ3) is 4.07. The molecule has 4 aliphatic carbocycles. The Labute approximate surface area is 211 Å². The highest BCUT2D eigenvalue weighted by atomic mass is 32.2. The fourth-order valence-electron chi connectivity index (χ4n) is 7.95. The molecule has 2 atom stereocenters. The first-order valence-electron chi connectivity index (χ1n) is 13.1. The van der Waals surface area contributed by atoms with Crippen LogP contribution in [0.3, 0.4) is 0 Å². The molecular formula is C26H33N3O6S. The number of primary sulfonamides is 1. The Morgan fingerprint density at radius 1 is 1.06 bits per heavy atom. The Bertz CT molecular complexity index is 1160. The van der Waals surface area contributed by atoms with E-state index in [0.717, 1.165) is 37.0 Å². The summed E-state index contributed by atoms with van der Waals surface area (Å²) in [7, 11) is -3.90. The predicted octanol–water partition coefficient (Wildman–Crippen LogP) is 2.19. The van der Waals surface area contributed by atoms with Gasteiger partial charge in [-0.25, -0.2) is 18.5 Å². The van der Waals surface area contributed by atoms with Gasteiger partial charge in [-0.3, -0.25) is 14.4 Å². The predicted molar refractivity (Wildman–Crippen MR) is 130 cm³/mol. The van der Waals surface area contributed by atoms with Gasteiger partial charge in [0.15, 0.2) is 0 Å². The lowest BCUT2D eigenvalue weighted by atomic mass is 9.49. The van der Waals surface area contributed by atoms with Crippen molar-refractivity contribution < 1.29 is 27.5 Å². The standard InChI is InChI=1S/C26H33N3O6S/c27-36(33,34)21-5-3-19(4-6-21)29-23(30)11-22(24(29)31)28(15-20-2-1-7-35-20)25(32)26-12-16-8-17(13-26)10-18(9-16)14-26/h3-6,16-18,20,22H,1-2,7-15H2,(H2,27,33,34). The number of imide groups is 1. The van der Waals surface area contributed by atoms with Crippen molar-refractivity contribution in [2.75, 3.05) is 18.1 Å². The molecule has 10 heteroatoms. The highest BCUT2D eigenvalue weighted by Gasteiger charge is 2.57. The van der Waals surface area contributed by atoms with Crippen LogP contribution in [0.2, 0.25) is 0 Å². The first kappa shape index (κ1) is 24.1. The van der Waals surface area contributed by atoms with Crippen LogP contribution in [0.1, 0.15) is 57.8 Å². The molecule has 9 nitrogen and oxygen atoms in total. The maximum absolute atomic E-state index is 14.3. The Morgan fingerprint density at radius 2 is 1.67 bits per heavy atom. The Balaban J connectivity index is 1.29. The minimum absolute atomic E-state index is 0.0228. The van der Waals surface area contributed by atoms with Crippen molar-refractivity contribution in [3.63, 3.8) is 0 Å². The van der Waals surface area contributed by atoms with Crippen molar-refractivity contribution in [3.05, 3.63) is 24.3 Å². The molecule has 1 aromatic rings. The summed E-state index contributed by atoms with van der Waals surface area (Å²) in [6, 6.07) is 4.50. The molecule has 194 valence electrons. The number of anilines is 1. The van der Waals surface area contributed by atoms with E-state index in [2.05, 4.69) is 0 Å². The molecule has 6 fully saturated rings. The lowest BCUT2D eigenvalue weighted by Gasteiger charge is -2.57. The van der Waals surface area contributed by atoms with Crippen LogP contribution in [0.4, 0.5) is 5.69 Å². The van der Waals surface area contributed by atoms with E-state index >= 15 is 0 Å². The van der Waals surface area contributed by atoms with Gasteiger partial charge in [-0.15, -0.1) is 0 Å². The van der Waals surface area contributed by atoms with E-state index in [9.17, 15) is 22.8 Å². The second-order valence-electron chi connectivity index (χ2n) is 11.6. The number of nitrogens with zero attached hydrogens (tertiary/aromatic N) is 2. The molecule has 0 aromatic heterocycles. The fraction of sp³-hybridized carbons (Fsp3) is 0.654. The van der Waals surface area contributed by atoms with Crippen LogP contribution in [-0.2, 0) is 29.1 Å². The molecule has 36 heavy (non-hydrogen) atoms. The van der Waals surface area contributed by atoms with Gasteiger partial charge < -0.3 is 9.64 Å². The SMILES string of the molecule is NS(=O)(=O)c1ccc(N2C(=O)CC(N(CC3CCCO3)C(=O)C34CC5CC(CC(C5)C3)C4)C2=O)cc1. The van der Waals surface area contributed by atoms with Crippen molar-refractivity contribution in [3.8, 4) is 0 Å². The lowest BCUT2D eigenvalue weighted by Crippen LogP contribution is -2.58. The molecule has 2 unspecified atom stereocenters. The van der Waals surface area contributed by atoms with Crippen LogP contribution < -0.4 is 10.0 Å². The van der Waals surface area contributed by atoms with E-state index in [-0.39, 0.29) is 29.0 Å². The van der Waals surface area contributed by atoms with Crippen LogP contribution in [-0.4, -0.2) is 56.3 Å². The first-order chi connectivity index (χ1) is 17.1. The number of nitrogens with two attached hydrogens (primary N) is 1. The molecule has 3 amide bonds. The number of rotatable bonds is 6. The molecule has 0 radical (unpaired) electrons. The van der Waals surface area contributed by atoms with Gasteiger partial charge in [0.1, 0.15) is 6.04 Å². The molecule has 0 spiro atoms. The Morgan fingerprint density at radius 3 is 2.19 bits per heavy atom. The number of hydrogen-bond acceptors (Lipinski definition) is 6. The Kier molecular flexibility index (Phi) is 5.77. The molecule has 1 aromatic carbocycles. The quantitative estimate of drug-likeness (QED) is 0.579. The maximum atomic E-state index is 14.3. The van der Waals surface area contributed by atoms with E-state index in [1.165, 1.54) is 43.5 Å². The zero-order chi connectivity index (χ0) is 25.2. The second-order valence-corrected chi connectivity index (χ2v) is 13.2. The summed E-state index contributed by atoms with van der Waals surface area (Å²) >= 11 is 0. The smallest absolute Gasteiger partial charge is 0.257 e. The first-order valence-corrected chi connectivity index (χ1v) is 14.6. The van der Waals surface area contributed by atoms with Gasteiger partial charge in [0, 0.05) is 13.2 Å². The number of hydrogen-bond donors (Lipinski definition) is 1. The van der Waals surface area contributed by atoms with Crippen molar-refractivity contribution in [2.45, 2.75) is 74.8 Å². The summed E-state index contributed by atoms with van der Waals surface area (Å²) in [5, 5.41) is 5.18. The zero-order valence-electron chi connectivity index (χ0n) is 20.3. The molecule has 2 aliphatic heterocycles. The molecule has 6 aliphatic rings. The van der Waals surface area contributed by atoms with Gasteiger partial charge in [0.25, 0.3) is 5.91 Å². The highest BCUT2D eigenvalue weighted by Crippen LogP contribution is 2.60. The van der Waals surface area contributed by atoms with Crippen molar-refractivity contribution in [2.24, 2.45) is 28.3 Å². The lowest BCUT2D eigenvalue weighted by molar-refractivity contribution is -0.163. The maximum Gasteiger partial charge on any atom is 0.257 e. The van der Waals surface area contributed by atoms with E-state index in [1.807, 2.05) is 0 Å². The van der Waals surface area contributed by atoms with E-state index in [0.29, 0.717) is 30.9 Å². The van der Waals surface area contributed by atoms with E-state index < -0.39 is 33.3 Å². The van der Waals surface area contributed by atoms with Crippen molar-refractivity contribution in [1.29, 1.82) is 0 Å². The summed E-state index contributed by atoms with van der Waals surface area (Å²) in [5.41, 5.74) is -0.152. The third-order valence-corrected chi connectivity index (χ3v) is 10.0. The molecular weight excluding hydrogens is 482 g/mol. The van der Waals surface area contributed by atoms with Crippen LogP contribution in [0.25, 0.3) is 0 Å². The summed E-state index contributed by atoms with van der Waals surface area (Å²) in [6.45, 7) is 0.965. The van der Waals surface area contributed by atoms with Crippen LogP contribution in [0, 0.1) is 23.2 Å². The topological polar surface area (TPSA) is 127 Å². The van der Waals surface area contributed by atoms with Gasteiger partial charge in [-0.1, -0.05) is 0 Å². The molecule has 2 N–H and O–H groups in total. The average molecular weight is 516 g/mol. The minimum atomic E-state index is -3.90. The second kappa shape index (κ2) is 8.63. The molecule has 2 saturated heterocycles. The molecule has 7 rings (SSSR count). The summed E-state index contributed by atoms with van der Waals surface area (Å²) in [5.74, 6) is 0.927. The highest BCUT2D eigenvalue weighted by molar-refractivity contribution is 7.89. The van der Waals surface area contributed by atoms with Gasteiger partial charge in [0.05, 0.1) is 28.5 Å². The number of carbonyl (C=O) groups is 3. The average Bonchev–Trinajstić information content (AvgIpc) is 3.43. The number of ether oxygens (including phenoxy) is 1. The normalized spacial score (nSPS) is 35.6. The number of sulfonamides is 1. The fourth-order valence-corrected chi connectivity index (χ4v) is 8.47. The Hall–Kier alpha value is -2.30. The zero-order valence-corrected chi connectivity index (χ0v) is 21.1. The van der Waals surface area contributed by atoms with Gasteiger partial charge in [0.2, 0.25) is 21.8 Å². The largest absolute Gasteiger partial charge is 0.376 e.